The predicted octanol–water partition coefficient (Wildman–Crippen LogP) is 2.62. The molecule has 0 aliphatic heterocycles. The molecule has 1 aromatic heterocycles. The molecule has 2 N–H and O–H groups in total. The summed E-state index contributed by atoms with van der Waals surface area (Å²) in [6.45, 7) is 2.90. The van der Waals surface area contributed by atoms with E-state index in [0.717, 1.165) is 19.3 Å². The molecule has 2 rings (SSSR count). The number of nitrogens with one attached hydrogen (secondary N) is 1. The lowest BCUT2D eigenvalue weighted by Gasteiger charge is -2.10. The van der Waals surface area contributed by atoms with Gasteiger partial charge >= 0.3 is 5.97 Å². The molecule has 0 aromatic carbocycles. The topological polar surface area (TPSA) is 88.8 Å². The number of carboxylic acid groups (broad SMARTS) is 1. The van der Waals surface area contributed by atoms with Crippen molar-refractivity contribution in [3.8, 4) is 0 Å². The van der Waals surface area contributed by atoms with Crippen LogP contribution in [-0.4, -0.2) is 36.2 Å². The lowest BCUT2D eigenvalue weighted by atomic mass is 10.2. The quantitative estimate of drug-likeness (QED) is 0.721. The average Bonchev–Trinajstić information content (AvgIpc) is 3.15. The molecule has 22 heavy (non-hydrogen) atoms. The molecule has 1 aliphatic rings. The van der Waals surface area contributed by atoms with E-state index in [0.29, 0.717) is 31.4 Å². The summed E-state index contributed by atoms with van der Waals surface area (Å²) in [4.78, 5) is 23.0. The maximum Gasteiger partial charge on any atom is 0.339 e. The van der Waals surface area contributed by atoms with Gasteiger partial charge in [-0.05, 0) is 19.3 Å². The Labute approximate surface area is 129 Å². The molecule has 0 radical (unpaired) electrons. The summed E-state index contributed by atoms with van der Waals surface area (Å²) >= 11 is 0. The van der Waals surface area contributed by atoms with Gasteiger partial charge in [0.1, 0.15) is 11.3 Å². The van der Waals surface area contributed by atoms with Crippen molar-refractivity contribution >= 4 is 11.9 Å². The number of furan rings is 1. The third-order valence-electron chi connectivity index (χ3n) is 3.85. The minimum absolute atomic E-state index is 0.0472. The summed E-state index contributed by atoms with van der Waals surface area (Å²) in [7, 11) is 0. The highest BCUT2D eigenvalue weighted by Gasteiger charge is 2.19. The Bertz CT molecular complexity index is 517. The Balaban J connectivity index is 1.73. The standard InChI is InChI=1S/C16H23NO5/c1-2-13-12(16(19)20)10-14(22-13)15(18)17-8-5-9-21-11-6-3-4-7-11/h10-11H,2-9H2,1H3,(H,17,18)(H,19,20). The van der Waals surface area contributed by atoms with Crippen LogP contribution >= 0.6 is 0 Å². The van der Waals surface area contributed by atoms with E-state index >= 15 is 0 Å². The minimum atomic E-state index is -1.08. The number of aromatic carboxylic acids is 1. The fourth-order valence-electron chi connectivity index (χ4n) is 2.65. The second-order valence-electron chi connectivity index (χ2n) is 5.49. The molecule has 1 aromatic rings. The van der Waals surface area contributed by atoms with Crippen molar-refractivity contribution in [2.75, 3.05) is 13.2 Å². The van der Waals surface area contributed by atoms with E-state index in [1.165, 1.54) is 18.9 Å². The first-order chi connectivity index (χ1) is 10.6. The molecule has 1 saturated carbocycles. The van der Waals surface area contributed by atoms with E-state index in [9.17, 15) is 9.59 Å². The van der Waals surface area contributed by atoms with Gasteiger partial charge in [-0.3, -0.25) is 4.79 Å². The fraction of sp³-hybridized carbons (Fsp3) is 0.625. The van der Waals surface area contributed by atoms with E-state index < -0.39 is 5.97 Å². The summed E-state index contributed by atoms with van der Waals surface area (Å²) in [6, 6.07) is 1.28. The summed E-state index contributed by atoms with van der Waals surface area (Å²) < 4.78 is 11.0. The van der Waals surface area contributed by atoms with Crippen molar-refractivity contribution in [2.24, 2.45) is 0 Å². The van der Waals surface area contributed by atoms with Crippen LogP contribution in [0.3, 0.4) is 0 Å². The Kier molecular flexibility index (Phi) is 6.00. The molecule has 1 aliphatic carbocycles. The van der Waals surface area contributed by atoms with E-state index in [4.69, 9.17) is 14.3 Å². The Morgan fingerprint density at radius 3 is 2.73 bits per heavy atom. The van der Waals surface area contributed by atoms with E-state index in [2.05, 4.69) is 5.32 Å². The average molecular weight is 309 g/mol. The highest BCUT2D eigenvalue weighted by atomic mass is 16.5. The van der Waals surface area contributed by atoms with Crippen LogP contribution in [0.4, 0.5) is 0 Å². The van der Waals surface area contributed by atoms with Crippen molar-refractivity contribution < 1.29 is 23.8 Å². The molecule has 1 amide bonds. The van der Waals surface area contributed by atoms with Crippen molar-refractivity contribution in [3.05, 3.63) is 23.2 Å². The molecule has 1 fully saturated rings. The Hall–Kier alpha value is -1.82. The van der Waals surface area contributed by atoms with Crippen LogP contribution in [0, 0.1) is 0 Å². The zero-order valence-corrected chi connectivity index (χ0v) is 12.9. The van der Waals surface area contributed by atoms with Crippen molar-refractivity contribution in [2.45, 2.75) is 51.6 Å². The van der Waals surface area contributed by atoms with E-state index in [-0.39, 0.29) is 17.2 Å². The molecular weight excluding hydrogens is 286 g/mol. The number of carbonyl (C=O) groups is 2. The maximum absolute atomic E-state index is 11.9. The second-order valence-corrected chi connectivity index (χ2v) is 5.49. The number of ether oxygens (including phenoxy) is 1. The van der Waals surface area contributed by atoms with Gasteiger partial charge in [-0.1, -0.05) is 19.8 Å². The molecule has 6 nitrogen and oxygen atoms in total. The van der Waals surface area contributed by atoms with Crippen LogP contribution in [-0.2, 0) is 11.2 Å². The third-order valence-corrected chi connectivity index (χ3v) is 3.85. The van der Waals surface area contributed by atoms with Gasteiger partial charge < -0.3 is 19.6 Å². The van der Waals surface area contributed by atoms with Gasteiger partial charge in [0.15, 0.2) is 5.76 Å². The third kappa shape index (κ3) is 4.34. The van der Waals surface area contributed by atoms with Gasteiger partial charge in [0.05, 0.1) is 6.10 Å². The summed E-state index contributed by atoms with van der Waals surface area (Å²) in [6.07, 6.45) is 6.30. The normalized spacial score (nSPS) is 15.1. The number of rotatable bonds is 8. The minimum Gasteiger partial charge on any atom is -0.478 e. The molecule has 0 spiro atoms. The van der Waals surface area contributed by atoms with Gasteiger partial charge in [-0.15, -0.1) is 0 Å². The first kappa shape index (κ1) is 16.5. The number of hydrogen-bond acceptors (Lipinski definition) is 4. The summed E-state index contributed by atoms with van der Waals surface area (Å²) in [5.74, 6) is -1.10. The zero-order chi connectivity index (χ0) is 15.9. The van der Waals surface area contributed by atoms with Gasteiger partial charge in [0.2, 0.25) is 0 Å². The lowest BCUT2D eigenvalue weighted by Crippen LogP contribution is -2.25. The van der Waals surface area contributed by atoms with Crippen LogP contribution in [0.1, 0.15) is 65.7 Å². The second kappa shape index (κ2) is 7.98. The highest BCUT2D eigenvalue weighted by Crippen LogP contribution is 2.20. The van der Waals surface area contributed by atoms with Gasteiger partial charge in [-0.2, -0.15) is 0 Å². The molecule has 0 saturated heterocycles. The first-order valence-electron chi connectivity index (χ1n) is 7.87. The molecule has 0 bridgehead atoms. The van der Waals surface area contributed by atoms with Crippen LogP contribution in [0.5, 0.6) is 0 Å². The number of carboxylic acids is 1. The van der Waals surface area contributed by atoms with E-state index in [1.807, 2.05) is 0 Å². The lowest BCUT2D eigenvalue weighted by molar-refractivity contribution is 0.0564. The summed E-state index contributed by atoms with van der Waals surface area (Å²) in [5.41, 5.74) is 0.0530. The predicted molar refractivity (Wildman–Crippen MR) is 80.2 cm³/mol. The van der Waals surface area contributed by atoms with Gasteiger partial charge in [-0.25, -0.2) is 4.79 Å². The number of aryl methyl sites for hydroxylation is 1. The van der Waals surface area contributed by atoms with Crippen LogP contribution in [0.25, 0.3) is 0 Å². The smallest absolute Gasteiger partial charge is 0.339 e. The van der Waals surface area contributed by atoms with Crippen LogP contribution < -0.4 is 5.32 Å². The Morgan fingerprint density at radius 1 is 1.41 bits per heavy atom. The van der Waals surface area contributed by atoms with Crippen molar-refractivity contribution in [3.63, 3.8) is 0 Å². The van der Waals surface area contributed by atoms with Crippen molar-refractivity contribution in [1.82, 2.24) is 5.32 Å². The van der Waals surface area contributed by atoms with Crippen LogP contribution in [0.2, 0.25) is 0 Å². The molecular formula is C16H23NO5. The molecule has 122 valence electrons. The molecule has 0 atom stereocenters. The maximum atomic E-state index is 11.9. The Morgan fingerprint density at radius 2 is 2.14 bits per heavy atom. The fourth-order valence-corrected chi connectivity index (χ4v) is 2.65. The van der Waals surface area contributed by atoms with Gasteiger partial charge in [0, 0.05) is 25.6 Å². The molecule has 0 unspecified atom stereocenters. The summed E-state index contributed by atoms with van der Waals surface area (Å²) in [5, 5.41) is 11.8. The monoisotopic (exact) mass is 309 g/mol. The molecule has 1 heterocycles. The van der Waals surface area contributed by atoms with E-state index in [1.54, 1.807) is 6.92 Å². The number of carbonyl (C=O) groups excluding carboxylic acids is 1. The largest absolute Gasteiger partial charge is 0.478 e. The number of hydrogen-bond donors (Lipinski definition) is 2. The molecule has 6 heteroatoms. The van der Waals surface area contributed by atoms with Gasteiger partial charge in [0.25, 0.3) is 5.91 Å². The number of amides is 1. The SMILES string of the molecule is CCc1oc(C(=O)NCCCOC2CCCC2)cc1C(=O)O. The van der Waals surface area contributed by atoms with Crippen LogP contribution in [0.15, 0.2) is 10.5 Å². The zero-order valence-electron chi connectivity index (χ0n) is 12.9. The van der Waals surface area contributed by atoms with Crippen molar-refractivity contribution in [1.29, 1.82) is 0 Å². The first-order valence-corrected chi connectivity index (χ1v) is 7.87. The highest BCUT2D eigenvalue weighted by molar-refractivity contribution is 5.96.